The van der Waals surface area contributed by atoms with Crippen LogP contribution in [0.2, 0.25) is 0 Å². The maximum Gasteiger partial charge on any atom is 0.411 e. The fourth-order valence-electron chi connectivity index (χ4n) is 4.72. The van der Waals surface area contributed by atoms with E-state index in [1.165, 1.54) is 17.8 Å². The van der Waals surface area contributed by atoms with Crippen LogP contribution in [0.1, 0.15) is 40.4 Å². The van der Waals surface area contributed by atoms with E-state index in [1.54, 1.807) is 11.0 Å². The van der Waals surface area contributed by atoms with Gasteiger partial charge in [-0.15, -0.1) is 0 Å². The summed E-state index contributed by atoms with van der Waals surface area (Å²) in [6, 6.07) is 11.1. The number of carbonyl (C=O) groups excluding carboxylic acids is 2. The third kappa shape index (κ3) is 2.65. The Morgan fingerprint density at radius 2 is 1.93 bits per heavy atom. The summed E-state index contributed by atoms with van der Waals surface area (Å²) < 4.78 is 19.5. The molecule has 3 heterocycles. The van der Waals surface area contributed by atoms with Gasteiger partial charge in [-0.3, -0.25) is 9.69 Å². The number of piperidine rings is 1. The Labute approximate surface area is 161 Å². The van der Waals surface area contributed by atoms with E-state index < -0.39 is 5.95 Å². The summed E-state index contributed by atoms with van der Waals surface area (Å²) in [5, 5.41) is 0. The smallest absolute Gasteiger partial charge is 0.411 e. The van der Waals surface area contributed by atoms with Crippen LogP contribution in [0.15, 0.2) is 42.6 Å². The molecule has 1 aromatic carbocycles. The Morgan fingerprint density at radius 3 is 2.71 bits per heavy atom. The van der Waals surface area contributed by atoms with Crippen LogP contribution in [-0.4, -0.2) is 52.0 Å². The first-order valence-electron chi connectivity index (χ1n) is 9.60. The predicted octanol–water partition coefficient (Wildman–Crippen LogP) is 2.94. The monoisotopic (exact) mass is 381 g/mol. The van der Waals surface area contributed by atoms with Gasteiger partial charge in [-0.1, -0.05) is 24.3 Å². The molecule has 0 radical (unpaired) electrons. The maximum absolute atomic E-state index is 13.8. The zero-order valence-electron chi connectivity index (χ0n) is 15.3. The summed E-state index contributed by atoms with van der Waals surface area (Å²) in [4.78, 5) is 32.2. The van der Waals surface area contributed by atoms with Crippen LogP contribution >= 0.6 is 0 Å². The second kappa shape index (κ2) is 6.58. The summed E-state index contributed by atoms with van der Waals surface area (Å²) in [5.74, 6) is -1.10. The van der Waals surface area contributed by atoms with Gasteiger partial charge in [-0.05, 0) is 36.1 Å². The van der Waals surface area contributed by atoms with Crippen molar-refractivity contribution in [3.63, 3.8) is 0 Å². The Morgan fingerprint density at radius 1 is 1.14 bits per heavy atom. The molecule has 0 bridgehead atoms. The minimum absolute atomic E-state index is 0.00804. The molecule has 6 nitrogen and oxygen atoms in total. The quantitative estimate of drug-likeness (QED) is 0.751. The van der Waals surface area contributed by atoms with Crippen molar-refractivity contribution in [1.29, 1.82) is 0 Å². The van der Waals surface area contributed by atoms with Gasteiger partial charge >= 0.3 is 6.09 Å². The number of fused-ring (bicyclic) bond motifs is 3. The lowest BCUT2D eigenvalue weighted by Crippen LogP contribution is -2.48. The number of hydrogen-bond acceptors (Lipinski definition) is 4. The van der Waals surface area contributed by atoms with Crippen LogP contribution < -0.4 is 0 Å². The van der Waals surface area contributed by atoms with Crippen molar-refractivity contribution in [3.05, 3.63) is 65.2 Å². The molecule has 28 heavy (non-hydrogen) atoms. The molecule has 5 rings (SSSR count). The molecule has 0 saturated carbocycles. The van der Waals surface area contributed by atoms with E-state index in [0.29, 0.717) is 25.9 Å². The summed E-state index contributed by atoms with van der Waals surface area (Å²) >= 11 is 0. The number of amides is 2. The molecule has 2 amide bonds. The number of hydrogen-bond donors (Lipinski definition) is 0. The van der Waals surface area contributed by atoms with Gasteiger partial charge in [-0.25, -0.2) is 9.78 Å². The summed E-state index contributed by atoms with van der Waals surface area (Å²) in [6.45, 7) is 0.946. The number of halogens is 1. The van der Waals surface area contributed by atoms with Crippen molar-refractivity contribution < 1.29 is 18.7 Å². The predicted molar refractivity (Wildman–Crippen MR) is 98.1 cm³/mol. The third-order valence-electron chi connectivity index (χ3n) is 6.04. The zero-order chi connectivity index (χ0) is 19.3. The van der Waals surface area contributed by atoms with Gasteiger partial charge in [0.25, 0.3) is 5.91 Å². The van der Waals surface area contributed by atoms with Gasteiger partial charge < -0.3 is 9.64 Å². The van der Waals surface area contributed by atoms with Crippen molar-refractivity contribution in [2.45, 2.75) is 37.5 Å². The fraction of sp³-hybridized carbons (Fsp3) is 0.381. The maximum atomic E-state index is 13.8. The van der Waals surface area contributed by atoms with Gasteiger partial charge in [0.05, 0.1) is 11.6 Å². The summed E-state index contributed by atoms with van der Waals surface area (Å²) in [5.41, 5.74) is 2.38. The Kier molecular flexibility index (Phi) is 4.03. The zero-order valence-corrected chi connectivity index (χ0v) is 15.3. The van der Waals surface area contributed by atoms with Crippen LogP contribution in [-0.2, 0) is 11.2 Å². The van der Waals surface area contributed by atoms with Gasteiger partial charge in [0, 0.05) is 31.7 Å². The van der Waals surface area contributed by atoms with Gasteiger partial charge in [-0.2, -0.15) is 4.39 Å². The van der Waals surface area contributed by atoms with E-state index in [0.717, 1.165) is 12.0 Å². The highest BCUT2D eigenvalue weighted by atomic mass is 19.1. The third-order valence-corrected chi connectivity index (χ3v) is 6.04. The molecule has 1 aliphatic carbocycles. The van der Waals surface area contributed by atoms with Gasteiger partial charge in [0.15, 0.2) is 0 Å². The first-order valence-corrected chi connectivity index (χ1v) is 9.60. The lowest BCUT2D eigenvalue weighted by Gasteiger charge is -2.37. The van der Waals surface area contributed by atoms with Gasteiger partial charge in [0.2, 0.25) is 5.95 Å². The number of pyridine rings is 1. The lowest BCUT2D eigenvalue weighted by molar-refractivity contribution is 0.0630. The molecular weight excluding hydrogens is 361 g/mol. The molecule has 0 N–H and O–H groups in total. The van der Waals surface area contributed by atoms with Crippen molar-refractivity contribution in [3.8, 4) is 0 Å². The number of ether oxygens (including phenoxy) is 1. The highest BCUT2D eigenvalue weighted by Crippen LogP contribution is 2.44. The van der Waals surface area contributed by atoms with E-state index in [4.69, 9.17) is 4.74 Å². The molecule has 0 spiro atoms. The molecule has 2 atom stereocenters. The molecule has 2 fully saturated rings. The van der Waals surface area contributed by atoms with Crippen LogP contribution in [0.4, 0.5) is 9.18 Å². The van der Waals surface area contributed by atoms with E-state index >= 15 is 0 Å². The van der Waals surface area contributed by atoms with Crippen molar-refractivity contribution in [2.24, 2.45) is 0 Å². The largest absolute Gasteiger partial charge is 0.443 e. The van der Waals surface area contributed by atoms with Crippen LogP contribution in [0.25, 0.3) is 0 Å². The normalized spacial score (nSPS) is 24.1. The Balaban J connectivity index is 1.31. The van der Waals surface area contributed by atoms with Crippen LogP contribution in [0.5, 0.6) is 0 Å². The molecule has 7 heteroatoms. The van der Waals surface area contributed by atoms with Crippen LogP contribution in [0.3, 0.4) is 0 Å². The second-order valence-electron chi connectivity index (χ2n) is 7.54. The average Bonchev–Trinajstić information content (AvgIpc) is 3.22. The number of nitrogens with zero attached hydrogens (tertiary/aromatic N) is 3. The number of likely N-dealkylation sites (tertiary alicyclic amines) is 1. The molecule has 144 valence electrons. The fourth-order valence-corrected chi connectivity index (χ4v) is 4.72. The minimum Gasteiger partial charge on any atom is -0.443 e. The first-order chi connectivity index (χ1) is 13.6. The molecular formula is C21H20FN3O3. The molecule has 3 aliphatic rings. The molecule has 1 aromatic heterocycles. The molecule has 2 aromatic rings. The van der Waals surface area contributed by atoms with E-state index in [1.807, 2.05) is 17.0 Å². The second-order valence-corrected chi connectivity index (χ2v) is 7.54. The molecule has 2 aliphatic heterocycles. The number of carbonyl (C=O) groups is 2. The molecule has 2 saturated heterocycles. The topological polar surface area (TPSA) is 62.7 Å². The van der Waals surface area contributed by atoms with Crippen molar-refractivity contribution in [2.75, 3.05) is 13.1 Å². The number of rotatable bonds is 2. The summed E-state index contributed by atoms with van der Waals surface area (Å²) in [7, 11) is 0. The average molecular weight is 381 g/mol. The SMILES string of the molecule is O=C(c1cccnc1F)N1CCC(N2C(=O)O[C@@H]3Cc4ccccc4[C@@H]32)CC1. The first kappa shape index (κ1) is 17.2. The number of aromatic nitrogens is 1. The highest BCUT2D eigenvalue weighted by molar-refractivity contribution is 5.94. The van der Waals surface area contributed by atoms with E-state index in [9.17, 15) is 14.0 Å². The van der Waals surface area contributed by atoms with Gasteiger partial charge in [0.1, 0.15) is 6.10 Å². The summed E-state index contributed by atoms with van der Waals surface area (Å²) in [6.07, 6.45) is 2.97. The Bertz CT molecular complexity index is 942. The van der Waals surface area contributed by atoms with E-state index in [-0.39, 0.29) is 35.8 Å². The van der Waals surface area contributed by atoms with E-state index in [2.05, 4.69) is 17.1 Å². The van der Waals surface area contributed by atoms with Crippen molar-refractivity contribution in [1.82, 2.24) is 14.8 Å². The van der Waals surface area contributed by atoms with Crippen molar-refractivity contribution >= 4 is 12.0 Å². The Hall–Kier alpha value is -2.96. The number of benzene rings is 1. The molecule has 0 unspecified atom stereocenters. The lowest BCUT2D eigenvalue weighted by atomic mass is 9.98. The standard InChI is InChI=1S/C21H20FN3O3/c22-19-16(6-3-9-23-19)20(26)24-10-7-14(8-11-24)25-18-15-5-2-1-4-13(15)12-17(18)28-21(25)27/h1-6,9,14,17-18H,7-8,10-12H2/t17-,18+/m1/s1. The highest BCUT2D eigenvalue weighted by Gasteiger charge is 2.50. The van der Waals surface area contributed by atoms with Crippen LogP contribution in [0, 0.1) is 5.95 Å². The minimum atomic E-state index is -0.747.